The Hall–Kier alpha value is -1.31. The molecule has 162 valence electrons. The van der Waals surface area contributed by atoms with Crippen LogP contribution in [-0.4, -0.2) is 73.1 Å². The number of halogens is 1. The predicted octanol–water partition coefficient (Wildman–Crippen LogP) is 3.38. The van der Waals surface area contributed by atoms with Gasteiger partial charge in [-0.15, -0.1) is 0 Å². The summed E-state index contributed by atoms with van der Waals surface area (Å²) in [7, 11) is -3.03. The highest BCUT2D eigenvalue weighted by Gasteiger charge is 2.37. The number of hydrogen-bond donors (Lipinski definition) is 0. The van der Waals surface area contributed by atoms with Crippen molar-refractivity contribution in [1.82, 2.24) is 9.80 Å². The van der Waals surface area contributed by atoms with Crippen LogP contribution in [0.5, 0.6) is 0 Å². The third-order valence-corrected chi connectivity index (χ3v) is 7.49. The molecule has 1 aromatic carbocycles. The highest BCUT2D eigenvalue weighted by molar-refractivity contribution is 7.91. The molecule has 0 spiro atoms. The molecule has 6 nitrogen and oxygen atoms in total. The number of carbonyl (C=O) groups excluding carboxylic acids is 1. The largest absolute Gasteiger partial charge is 0.444 e. The van der Waals surface area contributed by atoms with Gasteiger partial charge in [-0.1, -0.05) is 23.7 Å². The Morgan fingerprint density at radius 2 is 1.76 bits per heavy atom. The first-order valence-corrected chi connectivity index (χ1v) is 12.4. The highest BCUT2D eigenvalue weighted by Crippen LogP contribution is 2.26. The number of benzene rings is 1. The van der Waals surface area contributed by atoms with Crippen molar-refractivity contribution in [3.05, 3.63) is 34.9 Å². The number of ether oxygens (including phenoxy) is 1. The van der Waals surface area contributed by atoms with Crippen molar-refractivity contribution >= 4 is 27.5 Å². The van der Waals surface area contributed by atoms with Crippen LogP contribution >= 0.6 is 11.6 Å². The Kier molecular flexibility index (Phi) is 6.81. The van der Waals surface area contributed by atoms with E-state index in [-0.39, 0.29) is 29.7 Å². The van der Waals surface area contributed by atoms with Gasteiger partial charge in [0.05, 0.1) is 11.5 Å². The number of rotatable bonds is 3. The molecule has 2 fully saturated rings. The third kappa shape index (κ3) is 6.33. The third-order valence-electron chi connectivity index (χ3n) is 5.55. The van der Waals surface area contributed by atoms with Crippen LogP contribution in [0.15, 0.2) is 24.3 Å². The molecule has 2 aliphatic heterocycles. The Labute approximate surface area is 179 Å². The van der Waals surface area contributed by atoms with E-state index in [9.17, 15) is 13.2 Å². The van der Waals surface area contributed by atoms with Crippen molar-refractivity contribution in [3.8, 4) is 0 Å². The van der Waals surface area contributed by atoms with Gasteiger partial charge in [0.25, 0.3) is 0 Å². The minimum atomic E-state index is -3.03. The molecule has 1 aromatic rings. The van der Waals surface area contributed by atoms with E-state index in [0.29, 0.717) is 31.1 Å². The molecule has 2 heterocycles. The topological polar surface area (TPSA) is 66.9 Å². The molecular weight excluding hydrogens is 412 g/mol. The van der Waals surface area contributed by atoms with Crippen molar-refractivity contribution in [2.45, 2.75) is 57.7 Å². The van der Waals surface area contributed by atoms with Gasteiger partial charge < -0.3 is 9.64 Å². The Bertz CT molecular complexity index is 812. The fraction of sp³-hybridized carbons (Fsp3) is 0.667. The van der Waals surface area contributed by atoms with E-state index in [1.54, 1.807) is 4.90 Å². The monoisotopic (exact) mass is 442 g/mol. The van der Waals surface area contributed by atoms with Crippen molar-refractivity contribution in [2.75, 3.05) is 31.1 Å². The summed E-state index contributed by atoms with van der Waals surface area (Å²) in [4.78, 5) is 16.4. The van der Waals surface area contributed by atoms with Gasteiger partial charge in [-0.2, -0.15) is 0 Å². The zero-order valence-corrected chi connectivity index (χ0v) is 19.0. The van der Waals surface area contributed by atoms with Crippen LogP contribution in [0.4, 0.5) is 4.79 Å². The molecule has 0 radical (unpaired) electrons. The van der Waals surface area contributed by atoms with Crippen molar-refractivity contribution in [3.63, 3.8) is 0 Å². The molecule has 8 heteroatoms. The summed E-state index contributed by atoms with van der Waals surface area (Å²) in [6.07, 6.45) is 2.07. The second-order valence-electron chi connectivity index (χ2n) is 9.04. The average molecular weight is 443 g/mol. The molecule has 0 unspecified atom stereocenters. The Morgan fingerprint density at radius 3 is 2.34 bits per heavy atom. The fourth-order valence-corrected chi connectivity index (χ4v) is 5.83. The van der Waals surface area contributed by atoms with E-state index in [4.69, 9.17) is 16.3 Å². The van der Waals surface area contributed by atoms with Gasteiger partial charge in [0.2, 0.25) is 0 Å². The second kappa shape index (κ2) is 8.82. The summed E-state index contributed by atoms with van der Waals surface area (Å²) in [5.41, 5.74) is 0.589. The molecule has 1 atom stereocenters. The lowest BCUT2D eigenvalue weighted by Crippen LogP contribution is -2.56. The number of hydrogen-bond acceptors (Lipinski definition) is 5. The van der Waals surface area contributed by atoms with E-state index < -0.39 is 15.4 Å². The first-order chi connectivity index (χ1) is 13.5. The number of carbonyl (C=O) groups is 1. The molecule has 0 N–H and O–H groups in total. The van der Waals surface area contributed by atoms with Gasteiger partial charge in [0.1, 0.15) is 5.60 Å². The van der Waals surface area contributed by atoms with E-state index in [0.717, 1.165) is 18.4 Å². The van der Waals surface area contributed by atoms with Crippen LogP contribution in [0.25, 0.3) is 0 Å². The molecular formula is C21H31ClN2O4S. The maximum Gasteiger partial charge on any atom is 0.410 e. The summed E-state index contributed by atoms with van der Waals surface area (Å²) in [5.74, 6) is 0.387. The zero-order chi connectivity index (χ0) is 21.2. The lowest BCUT2D eigenvalue weighted by atomic mass is 9.98. The quantitative estimate of drug-likeness (QED) is 0.717. The summed E-state index contributed by atoms with van der Waals surface area (Å²) in [5, 5.41) is 0.677. The minimum Gasteiger partial charge on any atom is -0.444 e. The molecule has 29 heavy (non-hydrogen) atoms. The summed E-state index contributed by atoms with van der Waals surface area (Å²) in [6.45, 7) is 7.43. The minimum absolute atomic E-state index is 0.0481. The van der Waals surface area contributed by atoms with Crippen LogP contribution in [0.1, 0.15) is 39.2 Å². The second-order valence-corrected chi connectivity index (χ2v) is 11.7. The lowest BCUT2D eigenvalue weighted by Gasteiger charge is -2.44. The molecule has 0 aliphatic carbocycles. The SMILES string of the molecule is CC(C)(C)OC(=O)N1CCC(N2CCS(=O)(=O)C[C@@H]2Cc2ccc(Cl)cc2)CC1. The summed E-state index contributed by atoms with van der Waals surface area (Å²) < 4.78 is 30.1. The number of amides is 1. The van der Waals surface area contributed by atoms with Gasteiger partial charge >= 0.3 is 6.09 Å². The van der Waals surface area contributed by atoms with Crippen molar-refractivity contribution < 1.29 is 17.9 Å². The molecule has 3 rings (SSSR count). The van der Waals surface area contributed by atoms with Crippen LogP contribution in [-0.2, 0) is 21.0 Å². The van der Waals surface area contributed by atoms with Crippen LogP contribution in [0, 0.1) is 0 Å². The number of nitrogens with zero attached hydrogens (tertiary/aromatic N) is 2. The maximum absolute atomic E-state index is 12.3. The first-order valence-electron chi connectivity index (χ1n) is 10.2. The van der Waals surface area contributed by atoms with E-state index in [1.807, 2.05) is 45.0 Å². The molecule has 0 aromatic heterocycles. The van der Waals surface area contributed by atoms with Crippen molar-refractivity contribution in [1.29, 1.82) is 0 Å². The summed E-state index contributed by atoms with van der Waals surface area (Å²) >= 11 is 5.98. The maximum atomic E-state index is 12.3. The Balaban J connectivity index is 1.64. The fourth-order valence-electron chi connectivity index (χ4n) is 4.16. The van der Waals surface area contributed by atoms with Gasteiger partial charge in [-0.05, 0) is 57.7 Å². The number of sulfone groups is 1. The van der Waals surface area contributed by atoms with E-state index >= 15 is 0 Å². The van der Waals surface area contributed by atoms with Crippen molar-refractivity contribution in [2.24, 2.45) is 0 Å². The predicted molar refractivity (Wildman–Crippen MR) is 115 cm³/mol. The standard InChI is InChI=1S/C21H31ClN2O4S/c1-21(2,3)28-20(25)23-10-8-18(9-11-23)24-12-13-29(26,27)15-19(24)14-16-4-6-17(22)7-5-16/h4-7,18-19H,8-15H2,1-3H3/t19-/m0/s1. The molecule has 2 saturated heterocycles. The van der Waals surface area contributed by atoms with E-state index in [2.05, 4.69) is 4.90 Å². The molecule has 2 aliphatic rings. The van der Waals surface area contributed by atoms with Gasteiger partial charge in [0, 0.05) is 36.7 Å². The van der Waals surface area contributed by atoms with Gasteiger partial charge in [-0.3, -0.25) is 4.90 Å². The highest BCUT2D eigenvalue weighted by atomic mass is 35.5. The molecule has 0 saturated carbocycles. The zero-order valence-electron chi connectivity index (χ0n) is 17.4. The van der Waals surface area contributed by atoms with Crippen LogP contribution in [0.3, 0.4) is 0 Å². The normalized spacial score (nSPS) is 23.7. The van der Waals surface area contributed by atoms with Gasteiger partial charge in [-0.25, -0.2) is 13.2 Å². The summed E-state index contributed by atoms with van der Waals surface area (Å²) in [6, 6.07) is 7.85. The smallest absolute Gasteiger partial charge is 0.410 e. The average Bonchev–Trinajstić information content (AvgIpc) is 2.62. The lowest BCUT2D eigenvalue weighted by molar-refractivity contribution is 0.0118. The van der Waals surface area contributed by atoms with Crippen LogP contribution in [0.2, 0.25) is 5.02 Å². The van der Waals surface area contributed by atoms with Crippen LogP contribution < -0.4 is 0 Å². The Morgan fingerprint density at radius 1 is 1.14 bits per heavy atom. The van der Waals surface area contributed by atoms with E-state index in [1.165, 1.54) is 0 Å². The molecule has 1 amide bonds. The number of likely N-dealkylation sites (tertiary alicyclic amines) is 1. The van der Waals surface area contributed by atoms with Gasteiger partial charge in [0.15, 0.2) is 9.84 Å². The first kappa shape index (κ1) is 22.4. The molecule has 0 bridgehead atoms. The number of piperidine rings is 1.